The van der Waals surface area contributed by atoms with E-state index in [0.29, 0.717) is 17.7 Å². The summed E-state index contributed by atoms with van der Waals surface area (Å²) >= 11 is 0. The SMILES string of the molecule is O=C1CC[C@H]2C[C@@H]3C[NH2+]CC[C@@H]3c3c2n1c1ccccc31.[Cl-]. The van der Waals surface area contributed by atoms with Crippen LogP contribution in [0.5, 0.6) is 0 Å². The summed E-state index contributed by atoms with van der Waals surface area (Å²) in [7, 11) is 0. The van der Waals surface area contributed by atoms with Gasteiger partial charge in [-0.2, -0.15) is 0 Å². The highest BCUT2D eigenvalue weighted by Crippen LogP contribution is 2.51. The third-order valence-corrected chi connectivity index (χ3v) is 5.97. The van der Waals surface area contributed by atoms with Crippen molar-refractivity contribution in [2.75, 3.05) is 13.1 Å². The summed E-state index contributed by atoms with van der Waals surface area (Å²) in [6.45, 7) is 2.51. The van der Waals surface area contributed by atoms with Crippen molar-refractivity contribution < 1.29 is 22.5 Å². The summed E-state index contributed by atoms with van der Waals surface area (Å²) in [5, 5.41) is 3.84. The van der Waals surface area contributed by atoms with Crippen LogP contribution in [-0.4, -0.2) is 23.6 Å². The summed E-state index contributed by atoms with van der Waals surface area (Å²) in [6.07, 6.45) is 4.34. The molecule has 1 fully saturated rings. The number of hydrogen-bond acceptors (Lipinski definition) is 1. The van der Waals surface area contributed by atoms with Crippen molar-refractivity contribution in [3.05, 3.63) is 35.5 Å². The maximum Gasteiger partial charge on any atom is 0.231 e. The molecule has 1 aromatic carbocycles. The number of carbonyl (C=O) groups excluding carboxylic acids is 1. The fraction of sp³-hybridized carbons (Fsp3) is 0.500. The van der Waals surface area contributed by atoms with Gasteiger partial charge in [-0.05, 0) is 30.4 Å². The first-order valence-electron chi connectivity index (χ1n) is 8.32. The number of aromatic nitrogens is 1. The second-order valence-corrected chi connectivity index (χ2v) is 6.98. The molecular formula is C18H21ClN2O. The summed E-state index contributed by atoms with van der Waals surface area (Å²) in [5.41, 5.74) is 4.08. The maximum atomic E-state index is 12.5. The third kappa shape index (κ3) is 1.76. The Balaban J connectivity index is 0.00000125. The van der Waals surface area contributed by atoms with Crippen LogP contribution in [0, 0.1) is 5.92 Å². The molecule has 0 spiro atoms. The number of rotatable bonds is 0. The average Bonchev–Trinajstić information content (AvgIpc) is 2.88. The molecule has 2 N–H and O–H groups in total. The molecule has 1 aliphatic carbocycles. The van der Waals surface area contributed by atoms with E-state index in [1.165, 1.54) is 42.6 Å². The van der Waals surface area contributed by atoms with E-state index in [1.807, 2.05) is 0 Å². The molecule has 22 heavy (non-hydrogen) atoms. The van der Waals surface area contributed by atoms with Crippen molar-refractivity contribution in [3.8, 4) is 0 Å². The van der Waals surface area contributed by atoms with Gasteiger partial charge in [0.1, 0.15) is 0 Å². The standard InChI is InChI=1S/C18H20N2O.ClH/c21-16-6-5-11-9-12-10-19-8-7-13(12)17-14-3-1-2-4-15(14)20(16)18(11)17;/h1-4,11-13,19H,5-10H2;1H/t11-,12+,13-;/m0./s1. The van der Waals surface area contributed by atoms with Gasteiger partial charge in [-0.1, -0.05) is 18.2 Å². The van der Waals surface area contributed by atoms with E-state index in [-0.39, 0.29) is 12.4 Å². The molecule has 0 radical (unpaired) electrons. The van der Waals surface area contributed by atoms with Crippen LogP contribution >= 0.6 is 0 Å². The van der Waals surface area contributed by atoms with Gasteiger partial charge in [0.05, 0.1) is 18.6 Å². The second-order valence-electron chi connectivity index (χ2n) is 6.98. The molecule has 4 heteroatoms. The molecule has 0 bridgehead atoms. The molecule has 0 amide bonds. The second kappa shape index (κ2) is 5.10. The minimum atomic E-state index is 0. The molecule has 3 aliphatic rings. The predicted molar refractivity (Wildman–Crippen MR) is 81.7 cm³/mol. The smallest absolute Gasteiger partial charge is 0.231 e. The highest BCUT2D eigenvalue weighted by atomic mass is 35.5. The number of hydrogen-bond donors (Lipinski definition) is 1. The molecule has 0 saturated carbocycles. The Morgan fingerprint density at radius 2 is 2.05 bits per heavy atom. The summed E-state index contributed by atoms with van der Waals surface area (Å²) in [5.74, 6) is 2.41. The highest BCUT2D eigenvalue weighted by Gasteiger charge is 2.43. The Morgan fingerprint density at radius 1 is 1.18 bits per heavy atom. The van der Waals surface area contributed by atoms with Crippen LogP contribution in [0.4, 0.5) is 0 Å². The van der Waals surface area contributed by atoms with E-state index < -0.39 is 0 Å². The number of carbonyl (C=O) groups is 1. The Labute approximate surface area is 136 Å². The van der Waals surface area contributed by atoms with E-state index in [2.05, 4.69) is 34.1 Å². The monoisotopic (exact) mass is 316 g/mol. The van der Waals surface area contributed by atoms with Gasteiger partial charge in [-0.15, -0.1) is 0 Å². The minimum absolute atomic E-state index is 0. The lowest BCUT2D eigenvalue weighted by molar-refractivity contribution is -0.670. The first-order chi connectivity index (χ1) is 10.3. The molecule has 116 valence electrons. The van der Waals surface area contributed by atoms with Crippen LogP contribution in [0.25, 0.3) is 10.9 Å². The molecule has 3 nitrogen and oxygen atoms in total. The Morgan fingerprint density at radius 3 is 2.95 bits per heavy atom. The maximum absolute atomic E-state index is 12.5. The van der Waals surface area contributed by atoms with E-state index in [9.17, 15) is 4.79 Å². The molecular weight excluding hydrogens is 296 g/mol. The lowest BCUT2D eigenvalue weighted by atomic mass is 9.68. The van der Waals surface area contributed by atoms with Gasteiger partial charge in [0, 0.05) is 35.8 Å². The van der Waals surface area contributed by atoms with Gasteiger partial charge in [0.2, 0.25) is 5.91 Å². The zero-order valence-electron chi connectivity index (χ0n) is 12.6. The zero-order valence-corrected chi connectivity index (χ0v) is 13.4. The number of benzene rings is 1. The topological polar surface area (TPSA) is 38.6 Å². The fourth-order valence-electron chi connectivity index (χ4n) is 5.16. The molecule has 0 unspecified atom stereocenters. The van der Waals surface area contributed by atoms with E-state index >= 15 is 0 Å². The fourth-order valence-corrected chi connectivity index (χ4v) is 5.16. The van der Waals surface area contributed by atoms with E-state index in [1.54, 1.807) is 0 Å². The van der Waals surface area contributed by atoms with Gasteiger partial charge in [-0.3, -0.25) is 9.36 Å². The van der Waals surface area contributed by atoms with Crippen LogP contribution in [0.3, 0.4) is 0 Å². The summed E-state index contributed by atoms with van der Waals surface area (Å²) < 4.78 is 2.08. The Hall–Kier alpha value is -1.32. The van der Waals surface area contributed by atoms with Gasteiger partial charge >= 0.3 is 0 Å². The van der Waals surface area contributed by atoms with Crippen molar-refractivity contribution in [2.24, 2.45) is 5.92 Å². The molecule has 3 heterocycles. The molecule has 1 aromatic heterocycles. The van der Waals surface area contributed by atoms with Crippen LogP contribution in [0.1, 0.15) is 53.6 Å². The van der Waals surface area contributed by atoms with Crippen LogP contribution < -0.4 is 17.7 Å². The molecule has 3 atom stereocenters. The van der Waals surface area contributed by atoms with Crippen molar-refractivity contribution in [3.63, 3.8) is 0 Å². The quantitative estimate of drug-likeness (QED) is 0.681. The summed E-state index contributed by atoms with van der Waals surface area (Å²) in [4.78, 5) is 12.5. The average molecular weight is 317 g/mol. The first-order valence-corrected chi connectivity index (χ1v) is 8.32. The summed E-state index contributed by atoms with van der Waals surface area (Å²) in [6, 6.07) is 8.57. The first kappa shape index (κ1) is 14.3. The zero-order chi connectivity index (χ0) is 14.0. The van der Waals surface area contributed by atoms with Crippen molar-refractivity contribution in [1.29, 1.82) is 0 Å². The van der Waals surface area contributed by atoms with E-state index in [0.717, 1.165) is 24.3 Å². The lowest BCUT2D eigenvalue weighted by Gasteiger charge is -2.40. The molecule has 5 rings (SSSR count). The van der Waals surface area contributed by atoms with Gasteiger partial charge in [-0.25, -0.2) is 0 Å². The lowest BCUT2D eigenvalue weighted by Crippen LogP contribution is -3.00. The normalized spacial score (nSPS) is 29.6. The number of nitrogens with two attached hydrogens (primary N) is 1. The number of fused-ring (bicyclic) bond motifs is 5. The van der Waals surface area contributed by atoms with Gasteiger partial charge < -0.3 is 17.7 Å². The largest absolute Gasteiger partial charge is 1.00 e. The van der Waals surface area contributed by atoms with Crippen molar-refractivity contribution in [2.45, 2.75) is 37.5 Å². The van der Waals surface area contributed by atoms with Gasteiger partial charge in [0.15, 0.2) is 0 Å². The number of nitrogens with zero attached hydrogens (tertiary/aromatic N) is 1. The number of para-hydroxylation sites is 1. The van der Waals surface area contributed by atoms with Crippen LogP contribution in [0.2, 0.25) is 0 Å². The number of halogens is 1. The van der Waals surface area contributed by atoms with Crippen molar-refractivity contribution >= 4 is 16.8 Å². The van der Waals surface area contributed by atoms with Crippen LogP contribution in [-0.2, 0) is 0 Å². The Kier molecular flexibility index (Phi) is 3.31. The molecule has 2 aromatic rings. The molecule has 1 saturated heterocycles. The van der Waals surface area contributed by atoms with Crippen molar-refractivity contribution in [1.82, 2.24) is 4.57 Å². The number of quaternary nitrogens is 1. The van der Waals surface area contributed by atoms with Gasteiger partial charge in [0.25, 0.3) is 0 Å². The van der Waals surface area contributed by atoms with E-state index in [4.69, 9.17) is 0 Å². The van der Waals surface area contributed by atoms with Crippen LogP contribution in [0.15, 0.2) is 24.3 Å². The number of piperidine rings is 1. The highest BCUT2D eigenvalue weighted by molar-refractivity contribution is 5.97. The third-order valence-electron chi connectivity index (χ3n) is 5.97. The predicted octanol–water partition coefficient (Wildman–Crippen LogP) is -0.766. The molecule has 2 aliphatic heterocycles. The Bertz CT molecular complexity index is 751. The minimum Gasteiger partial charge on any atom is -1.00 e.